The number of aromatic nitrogens is 5. The van der Waals surface area contributed by atoms with E-state index >= 15 is 0 Å². The van der Waals surface area contributed by atoms with Crippen LogP contribution < -0.4 is 0 Å². The molecule has 0 bridgehead atoms. The summed E-state index contributed by atoms with van der Waals surface area (Å²) in [5.74, 6) is 1.67. The Morgan fingerprint density at radius 3 is 2.85 bits per heavy atom. The first-order valence-electron chi connectivity index (χ1n) is 8.74. The molecule has 7 heteroatoms. The van der Waals surface area contributed by atoms with Crippen LogP contribution in [0.1, 0.15) is 30.7 Å². The summed E-state index contributed by atoms with van der Waals surface area (Å²) in [4.78, 5) is 9.29. The Balaban J connectivity index is 1.44. The van der Waals surface area contributed by atoms with E-state index in [1.807, 2.05) is 36.0 Å². The normalized spacial score (nSPS) is 14.0. The van der Waals surface area contributed by atoms with Crippen LogP contribution in [0, 0.1) is 0 Å². The maximum Gasteiger partial charge on any atom is 0.278 e. The Labute approximate surface area is 154 Å². The highest BCUT2D eigenvalue weighted by Crippen LogP contribution is 2.42. The molecular weight excluding hydrogens is 346 g/mol. The summed E-state index contributed by atoms with van der Waals surface area (Å²) in [7, 11) is 0. The van der Waals surface area contributed by atoms with Gasteiger partial charge in [0, 0.05) is 35.2 Å². The third kappa shape index (κ3) is 2.84. The smallest absolute Gasteiger partial charge is 0.278 e. The Bertz CT molecular complexity index is 1060. The van der Waals surface area contributed by atoms with E-state index in [0.717, 1.165) is 23.4 Å². The molecule has 0 radical (unpaired) electrons. The molecule has 0 saturated heterocycles. The minimum absolute atomic E-state index is 0.433. The fourth-order valence-corrected chi connectivity index (χ4v) is 3.85. The maximum absolute atomic E-state index is 5.40. The molecule has 3 heterocycles. The molecule has 26 heavy (non-hydrogen) atoms. The average molecular weight is 363 g/mol. The van der Waals surface area contributed by atoms with Crippen LogP contribution in [0.5, 0.6) is 0 Å². The summed E-state index contributed by atoms with van der Waals surface area (Å²) in [6, 6.07) is 10.00. The lowest BCUT2D eigenvalue weighted by Gasteiger charge is -1.99. The zero-order valence-corrected chi connectivity index (χ0v) is 15.1. The first kappa shape index (κ1) is 15.5. The lowest BCUT2D eigenvalue weighted by atomic mass is 10.1. The van der Waals surface area contributed by atoms with Crippen LogP contribution in [0.4, 0.5) is 0 Å². The van der Waals surface area contributed by atoms with E-state index in [0.29, 0.717) is 23.3 Å². The van der Waals surface area contributed by atoms with Crippen molar-refractivity contribution in [2.75, 3.05) is 0 Å². The van der Waals surface area contributed by atoms with Gasteiger partial charge in [0.1, 0.15) is 0 Å². The van der Waals surface area contributed by atoms with Gasteiger partial charge in [0.15, 0.2) is 5.69 Å². The fraction of sp³-hybridized carbons (Fsp3) is 0.263. The Kier molecular flexibility index (Phi) is 3.67. The number of thiazole rings is 1. The van der Waals surface area contributed by atoms with Gasteiger partial charge in [-0.25, -0.2) is 4.98 Å². The molecule has 4 aromatic rings. The lowest BCUT2D eigenvalue weighted by molar-refractivity contribution is 0.430. The van der Waals surface area contributed by atoms with Crippen LogP contribution in [0.15, 0.2) is 46.4 Å². The van der Waals surface area contributed by atoms with E-state index in [1.54, 1.807) is 11.3 Å². The second-order valence-corrected chi connectivity index (χ2v) is 7.30. The van der Waals surface area contributed by atoms with Gasteiger partial charge in [-0.1, -0.05) is 23.4 Å². The topological polar surface area (TPSA) is 69.6 Å². The van der Waals surface area contributed by atoms with Gasteiger partial charge in [-0.05, 0) is 31.9 Å². The highest BCUT2D eigenvalue weighted by atomic mass is 32.1. The summed E-state index contributed by atoms with van der Waals surface area (Å²) in [6.45, 7) is 2.84. The molecule has 0 aliphatic heterocycles. The summed E-state index contributed by atoms with van der Waals surface area (Å²) < 4.78 is 7.23. The molecule has 0 spiro atoms. The van der Waals surface area contributed by atoms with Gasteiger partial charge in [0.05, 0.1) is 10.7 Å². The van der Waals surface area contributed by atoms with Gasteiger partial charge in [-0.3, -0.25) is 4.68 Å². The van der Waals surface area contributed by atoms with Crippen LogP contribution in [0.3, 0.4) is 0 Å². The molecule has 1 aromatic carbocycles. The third-order valence-electron chi connectivity index (χ3n) is 4.47. The zero-order chi connectivity index (χ0) is 17.5. The van der Waals surface area contributed by atoms with E-state index in [2.05, 4.69) is 32.8 Å². The molecule has 0 unspecified atom stereocenters. The van der Waals surface area contributed by atoms with Crippen LogP contribution in [-0.2, 0) is 6.54 Å². The molecular formula is C19H17N5OS. The highest BCUT2D eigenvalue weighted by Gasteiger charge is 2.26. The number of aryl methyl sites for hydroxylation is 1. The average Bonchev–Trinajstić information content (AvgIpc) is 3.12. The van der Waals surface area contributed by atoms with Crippen LogP contribution in [0.25, 0.3) is 34.2 Å². The van der Waals surface area contributed by atoms with Crippen molar-refractivity contribution in [3.63, 3.8) is 0 Å². The van der Waals surface area contributed by atoms with Crippen molar-refractivity contribution in [3.8, 4) is 34.2 Å². The Hall–Kier alpha value is -2.80. The van der Waals surface area contributed by atoms with Crippen molar-refractivity contribution in [3.05, 3.63) is 46.9 Å². The third-order valence-corrected chi connectivity index (χ3v) is 5.48. The number of nitrogens with zero attached hydrogens (tertiary/aromatic N) is 5. The summed E-state index contributed by atoms with van der Waals surface area (Å²) in [5, 5.41) is 11.9. The minimum atomic E-state index is 0.433. The molecule has 0 N–H and O–H groups in total. The van der Waals surface area contributed by atoms with Gasteiger partial charge < -0.3 is 4.52 Å². The molecule has 0 amide bonds. The molecule has 1 fully saturated rings. The monoisotopic (exact) mass is 363 g/mol. The lowest BCUT2D eigenvalue weighted by Crippen LogP contribution is -1.93. The number of hydrogen-bond donors (Lipinski definition) is 0. The Morgan fingerprint density at radius 2 is 2.04 bits per heavy atom. The van der Waals surface area contributed by atoms with Crippen molar-refractivity contribution >= 4 is 11.3 Å². The van der Waals surface area contributed by atoms with Crippen LogP contribution in [0.2, 0.25) is 0 Å². The van der Waals surface area contributed by atoms with Gasteiger partial charge in [0.25, 0.3) is 5.89 Å². The SMILES string of the molecule is CCn1ccc(-c2nc(-c3cccc(-c4csc(C5CC5)n4)c3)no2)n1. The van der Waals surface area contributed by atoms with Crippen LogP contribution in [-0.4, -0.2) is 24.9 Å². The van der Waals surface area contributed by atoms with Gasteiger partial charge in [0.2, 0.25) is 5.82 Å². The molecule has 0 atom stereocenters. The van der Waals surface area contributed by atoms with Gasteiger partial charge in [-0.2, -0.15) is 10.1 Å². The molecule has 5 rings (SSSR count). The van der Waals surface area contributed by atoms with E-state index < -0.39 is 0 Å². The Morgan fingerprint density at radius 1 is 1.15 bits per heavy atom. The predicted octanol–water partition coefficient (Wildman–Crippen LogP) is 4.62. The van der Waals surface area contributed by atoms with Crippen molar-refractivity contribution in [2.45, 2.75) is 32.2 Å². The van der Waals surface area contributed by atoms with E-state index in [9.17, 15) is 0 Å². The maximum atomic E-state index is 5.40. The van der Waals surface area contributed by atoms with Crippen molar-refractivity contribution in [1.82, 2.24) is 24.9 Å². The number of hydrogen-bond acceptors (Lipinski definition) is 6. The first-order chi connectivity index (χ1) is 12.8. The quantitative estimate of drug-likeness (QED) is 0.517. The summed E-state index contributed by atoms with van der Waals surface area (Å²) in [5.41, 5.74) is 3.69. The van der Waals surface area contributed by atoms with E-state index in [1.165, 1.54) is 17.8 Å². The molecule has 3 aromatic heterocycles. The second kappa shape index (κ2) is 6.17. The molecule has 130 valence electrons. The minimum Gasteiger partial charge on any atom is -0.332 e. The molecule has 6 nitrogen and oxygen atoms in total. The van der Waals surface area contributed by atoms with Crippen molar-refractivity contribution in [2.24, 2.45) is 0 Å². The fourth-order valence-electron chi connectivity index (χ4n) is 2.85. The highest BCUT2D eigenvalue weighted by molar-refractivity contribution is 7.10. The largest absolute Gasteiger partial charge is 0.332 e. The molecule has 1 aliphatic carbocycles. The molecule has 1 saturated carbocycles. The molecule has 1 aliphatic rings. The number of rotatable bonds is 5. The van der Waals surface area contributed by atoms with Crippen molar-refractivity contribution in [1.29, 1.82) is 0 Å². The predicted molar refractivity (Wildman–Crippen MR) is 99.7 cm³/mol. The standard InChI is InChI=1S/C19H17N5OS/c1-2-24-9-8-15(22-24)18-21-17(23-25-18)14-5-3-4-13(10-14)16-11-26-19(20-16)12-6-7-12/h3-5,8-12H,2,6-7H2,1H3. The van der Waals surface area contributed by atoms with Gasteiger partial charge in [-0.15, -0.1) is 11.3 Å². The summed E-state index contributed by atoms with van der Waals surface area (Å²) >= 11 is 1.75. The summed E-state index contributed by atoms with van der Waals surface area (Å²) in [6.07, 6.45) is 4.44. The van der Waals surface area contributed by atoms with Crippen LogP contribution >= 0.6 is 11.3 Å². The first-order valence-corrected chi connectivity index (χ1v) is 9.62. The van der Waals surface area contributed by atoms with Crippen molar-refractivity contribution < 1.29 is 4.52 Å². The van der Waals surface area contributed by atoms with Gasteiger partial charge >= 0.3 is 0 Å². The van der Waals surface area contributed by atoms with E-state index in [-0.39, 0.29) is 0 Å². The zero-order valence-electron chi connectivity index (χ0n) is 14.3. The second-order valence-electron chi connectivity index (χ2n) is 6.41. The number of benzene rings is 1. The van der Waals surface area contributed by atoms with E-state index in [4.69, 9.17) is 9.51 Å².